The summed E-state index contributed by atoms with van der Waals surface area (Å²) in [6.45, 7) is 3.94. The van der Waals surface area contributed by atoms with Crippen molar-refractivity contribution in [3.63, 3.8) is 0 Å². The van der Waals surface area contributed by atoms with Crippen LogP contribution >= 0.6 is 0 Å². The van der Waals surface area contributed by atoms with Gasteiger partial charge in [-0.2, -0.15) is 5.26 Å². The highest BCUT2D eigenvalue weighted by atomic mass is 16.5. The lowest BCUT2D eigenvalue weighted by Crippen LogP contribution is -2.16. The Morgan fingerprint density at radius 3 is 2.74 bits per heavy atom. The third kappa shape index (κ3) is 6.00. The molecule has 5 heteroatoms. The first-order valence-corrected chi connectivity index (χ1v) is 6.22. The summed E-state index contributed by atoms with van der Waals surface area (Å²) in [6, 6.07) is 8.92. The fourth-order valence-corrected chi connectivity index (χ4v) is 1.43. The quantitative estimate of drug-likeness (QED) is 0.727. The van der Waals surface area contributed by atoms with Gasteiger partial charge in [0, 0.05) is 6.61 Å². The summed E-state index contributed by atoms with van der Waals surface area (Å²) in [4.78, 5) is 11.6. The van der Waals surface area contributed by atoms with Crippen LogP contribution in [0.4, 0.5) is 5.69 Å². The van der Waals surface area contributed by atoms with Crippen molar-refractivity contribution in [3.05, 3.63) is 29.8 Å². The molecule has 0 atom stereocenters. The van der Waals surface area contributed by atoms with E-state index in [0.717, 1.165) is 0 Å². The highest BCUT2D eigenvalue weighted by Crippen LogP contribution is 2.13. The van der Waals surface area contributed by atoms with E-state index in [0.29, 0.717) is 37.7 Å². The van der Waals surface area contributed by atoms with Gasteiger partial charge in [0.2, 0.25) is 5.91 Å². The van der Waals surface area contributed by atoms with Crippen molar-refractivity contribution in [1.29, 1.82) is 5.26 Å². The van der Waals surface area contributed by atoms with E-state index in [9.17, 15) is 4.79 Å². The first kappa shape index (κ1) is 15.2. The zero-order valence-electron chi connectivity index (χ0n) is 11.0. The lowest BCUT2D eigenvalue weighted by Gasteiger charge is -2.07. The lowest BCUT2D eigenvalue weighted by molar-refractivity contribution is -0.117. The molecule has 0 aromatic heterocycles. The van der Waals surface area contributed by atoms with E-state index < -0.39 is 0 Å². The van der Waals surface area contributed by atoms with Gasteiger partial charge < -0.3 is 14.8 Å². The molecular weight excluding hydrogens is 244 g/mol. The van der Waals surface area contributed by atoms with E-state index in [2.05, 4.69) is 5.32 Å². The van der Waals surface area contributed by atoms with E-state index in [4.69, 9.17) is 14.7 Å². The van der Waals surface area contributed by atoms with Gasteiger partial charge in [-0.15, -0.1) is 0 Å². The number of carbonyl (C=O) groups excluding carboxylic acids is 1. The Kier molecular flexibility index (Phi) is 7.25. The van der Waals surface area contributed by atoms with Gasteiger partial charge >= 0.3 is 0 Å². The second-order valence-electron chi connectivity index (χ2n) is 3.76. The summed E-state index contributed by atoms with van der Waals surface area (Å²) < 4.78 is 10.4. The molecule has 0 bridgehead atoms. The number of nitrogens with one attached hydrogen (secondary N) is 1. The Labute approximate surface area is 113 Å². The van der Waals surface area contributed by atoms with Crippen LogP contribution < -0.4 is 5.32 Å². The molecule has 1 aromatic rings. The van der Waals surface area contributed by atoms with Gasteiger partial charge in [-0.1, -0.05) is 12.1 Å². The van der Waals surface area contributed by atoms with Crippen molar-refractivity contribution in [2.75, 3.05) is 31.7 Å². The number of nitriles is 1. The second kappa shape index (κ2) is 9.09. The fourth-order valence-electron chi connectivity index (χ4n) is 1.43. The highest BCUT2D eigenvalue weighted by molar-refractivity contribution is 5.92. The van der Waals surface area contributed by atoms with Gasteiger partial charge in [0.1, 0.15) is 6.07 Å². The van der Waals surface area contributed by atoms with Crippen molar-refractivity contribution < 1.29 is 14.3 Å². The van der Waals surface area contributed by atoms with Gasteiger partial charge in [0.25, 0.3) is 0 Å². The fraction of sp³-hybridized carbons (Fsp3) is 0.429. The average Bonchev–Trinajstić information content (AvgIpc) is 2.43. The number of hydrogen-bond donors (Lipinski definition) is 1. The Bertz CT molecular complexity index is 441. The molecule has 102 valence electrons. The second-order valence-corrected chi connectivity index (χ2v) is 3.76. The molecule has 19 heavy (non-hydrogen) atoms. The number of hydrogen-bond acceptors (Lipinski definition) is 4. The van der Waals surface area contributed by atoms with Crippen LogP contribution in [0.3, 0.4) is 0 Å². The number of rotatable bonds is 8. The largest absolute Gasteiger partial charge is 0.379 e. The normalized spacial score (nSPS) is 9.89. The van der Waals surface area contributed by atoms with Crippen LogP contribution in [-0.2, 0) is 14.3 Å². The summed E-state index contributed by atoms with van der Waals surface area (Å²) >= 11 is 0. The van der Waals surface area contributed by atoms with Crippen LogP contribution in [0.25, 0.3) is 0 Å². The van der Waals surface area contributed by atoms with Gasteiger partial charge in [0.15, 0.2) is 0 Å². The van der Waals surface area contributed by atoms with Crippen LogP contribution in [-0.4, -0.2) is 32.3 Å². The molecule has 0 heterocycles. The number of nitrogens with zero attached hydrogens (tertiary/aromatic N) is 1. The van der Waals surface area contributed by atoms with E-state index in [1.165, 1.54) is 0 Å². The molecule has 0 aliphatic heterocycles. The number of benzene rings is 1. The summed E-state index contributed by atoms with van der Waals surface area (Å²) in [5.41, 5.74) is 0.984. The molecule has 5 nitrogen and oxygen atoms in total. The Hall–Kier alpha value is -1.90. The summed E-state index contributed by atoms with van der Waals surface area (Å²) in [6.07, 6.45) is 0.256. The van der Waals surface area contributed by atoms with Crippen molar-refractivity contribution in [2.24, 2.45) is 0 Å². The molecule has 0 aliphatic carbocycles. The minimum atomic E-state index is -0.167. The number of amides is 1. The van der Waals surface area contributed by atoms with Crippen molar-refractivity contribution in [1.82, 2.24) is 0 Å². The molecule has 0 saturated heterocycles. The monoisotopic (exact) mass is 262 g/mol. The standard InChI is InChI=1S/C14H18N2O3/c1-2-18-9-10-19-8-7-14(17)16-13-6-4-3-5-12(13)11-15/h3-6H,2,7-10H2,1H3,(H,16,17). The first-order valence-electron chi connectivity index (χ1n) is 6.22. The topological polar surface area (TPSA) is 71.3 Å². The summed E-state index contributed by atoms with van der Waals surface area (Å²) in [5, 5.41) is 11.6. The number of para-hydroxylation sites is 1. The summed E-state index contributed by atoms with van der Waals surface area (Å²) in [7, 11) is 0. The Balaban J connectivity index is 2.26. The molecule has 0 fully saturated rings. The van der Waals surface area contributed by atoms with E-state index in [1.54, 1.807) is 24.3 Å². The van der Waals surface area contributed by atoms with Crippen LogP contribution in [0.2, 0.25) is 0 Å². The number of anilines is 1. The smallest absolute Gasteiger partial charge is 0.226 e. The lowest BCUT2D eigenvalue weighted by atomic mass is 10.2. The maximum atomic E-state index is 11.6. The third-order valence-corrected chi connectivity index (χ3v) is 2.37. The predicted octanol–water partition coefficient (Wildman–Crippen LogP) is 1.94. The van der Waals surface area contributed by atoms with E-state index >= 15 is 0 Å². The number of ether oxygens (including phenoxy) is 2. The predicted molar refractivity (Wildman–Crippen MR) is 71.7 cm³/mol. The van der Waals surface area contributed by atoms with Crippen LogP contribution in [0.1, 0.15) is 18.9 Å². The zero-order chi connectivity index (χ0) is 13.9. The molecule has 1 rings (SSSR count). The third-order valence-electron chi connectivity index (χ3n) is 2.37. The van der Waals surface area contributed by atoms with Gasteiger partial charge in [-0.25, -0.2) is 0 Å². The molecule has 0 saturated carbocycles. The van der Waals surface area contributed by atoms with Gasteiger partial charge in [-0.05, 0) is 19.1 Å². The van der Waals surface area contributed by atoms with Crippen molar-refractivity contribution >= 4 is 11.6 Å². The minimum Gasteiger partial charge on any atom is -0.379 e. The Morgan fingerprint density at radius 1 is 1.26 bits per heavy atom. The maximum absolute atomic E-state index is 11.6. The maximum Gasteiger partial charge on any atom is 0.226 e. The number of carbonyl (C=O) groups is 1. The van der Waals surface area contributed by atoms with Gasteiger partial charge in [-0.3, -0.25) is 4.79 Å². The highest BCUT2D eigenvalue weighted by Gasteiger charge is 2.05. The first-order chi connectivity index (χ1) is 9.27. The molecule has 1 amide bonds. The molecule has 0 aliphatic rings. The van der Waals surface area contributed by atoms with Crippen LogP contribution in [0.15, 0.2) is 24.3 Å². The molecule has 1 aromatic carbocycles. The van der Waals surface area contributed by atoms with E-state index in [1.807, 2.05) is 13.0 Å². The minimum absolute atomic E-state index is 0.167. The Morgan fingerprint density at radius 2 is 2.00 bits per heavy atom. The molecular formula is C14H18N2O3. The molecule has 0 spiro atoms. The summed E-state index contributed by atoms with van der Waals surface area (Å²) in [5.74, 6) is -0.167. The zero-order valence-corrected chi connectivity index (χ0v) is 11.0. The molecule has 0 radical (unpaired) electrons. The van der Waals surface area contributed by atoms with E-state index in [-0.39, 0.29) is 12.3 Å². The SMILES string of the molecule is CCOCCOCCC(=O)Nc1ccccc1C#N. The molecule has 0 unspecified atom stereocenters. The average molecular weight is 262 g/mol. The van der Waals surface area contributed by atoms with Crippen molar-refractivity contribution in [3.8, 4) is 6.07 Å². The van der Waals surface area contributed by atoms with Crippen molar-refractivity contribution in [2.45, 2.75) is 13.3 Å². The van der Waals surface area contributed by atoms with Crippen LogP contribution in [0, 0.1) is 11.3 Å². The van der Waals surface area contributed by atoms with Crippen LogP contribution in [0.5, 0.6) is 0 Å². The molecule has 1 N–H and O–H groups in total. The van der Waals surface area contributed by atoms with Gasteiger partial charge in [0.05, 0.1) is 37.5 Å².